The monoisotopic (exact) mass is 242 g/mol. The Hall–Kier alpha value is -1.19. The van der Waals surface area contributed by atoms with E-state index in [-0.39, 0.29) is 10.6 Å². The number of nitrogens with one attached hydrogen (secondary N) is 1. The van der Waals surface area contributed by atoms with E-state index in [0.717, 1.165) is 5.56 Å². The average Bonchev–Trinajstić information content (AvgIpc) is 2.50. The van der Waals surface area contributed by atoms with E-state index in [1.54, 1.807) is 23.0 Å². The van der Waals surface area contributed by atoms with E-state index in [2.05, 4.69) is 5.10 Å². The zero-order valence-electron chi connectivity index (χ0n) is 7.71. The van der Waals surface area contributed by atoms with Crippen molar-refractivity contribution in [3.05, 3.63) is 56.4 Å². The molecule has 0 unspecified atom stereocenters. The van der Waals surface area contributed by atoms with E-state index in [1.165, 1.54) is 0 Å². The number of aromatic nitrogens is 2. The van der Waals surface area contributed by atoms with Gasteiger partial charge in [-0.25, -0.2) is 0 Å². The summed E-state index contributed by atoms with van der Waals surface area (Å²) in [5.41, 5.74) is 0.771. The van der Waals surface area contributed by atoms with Crippen LogP contribution >= 0.6 is 23.2 Å². The number of aromatic amines is 1. The molecule has 1 N–H and O–H groups in total. The maximum absolute atomic E-state index is 11.1. The fourth-order valence-electron chi connectivity index (χ4n) is 1.28. The molecule has 0 bridgehead atoms. The van der Waals surface area contributed by atoms with Gasteiger partial charge >= 0.3 is 0 Å². The van der Waals surface area contributed by atoms with Crippen LogP contribution in [0.2, 0.25) is 10.0 Å². The van der Waals surface area contributed by atoms with Gasteiger partial charge in [0.15, 0.2) is 0 Å². The zero-order valence-corrected chi connectivity index (χ0v) is 9.22. The minimum Gasteiger partial charge on any atom is -0.286 e. The number of hydrogen-bond donors (Lipinski definition) is 1. The van der Waals surface area contributed by atoms with Crippen LogP contribution in [0.1, 0.15) is 5.56 Å². The molecule has 1 aromatic heterocycles. The van der Waals surface area contributed by atoms with Gasteiger partial charge in [0.2, 0.25) is 0 Å². The van der Waals surface area contributed by atoms with Gasteiger partial charge in [-0.15, -0.1) is 0 Å². The van der Waals surface area contributed by atoms with Crippen molar-refractivity contribution in [2.24, 2.45) is 0 Å². The molecule has 5 heteroatoms. The van der Waals surface area contributed by atoms with Gasteiger partial charge in [-0.2, -0.15) is 0 Å². The Labute approximate surface area is 96.2 Å². The topological polar surface area (TPSA) is 37.8 Å². The number of nitrogens with zero attached hydrogens (tertiary/aromatic N) is 1. The van der Waals surface area contributed by atoms with E-state index in [9.17, 15) is 4.79 Å². The molecule has 0 aliphatic rings. The largest absolute Gasteiger partial charge is 0.286 e. The Balaban J connectivity index is 2.22. The molecule has 0 atom stereocenters. The quantitative estimate of drug-likeness (QED) is 0.864. The molecule has 0 aliphatic heterocycles. The van der Waals surface area contributed by atoms with Crippen molar-refractivity contribution in [1.82, 2.24) is 9.78 Å². The summed E-state index contributed by atoms with van der Waals surface area (Å²) in [5.74, 6) is 0. The summed E-state index contributed by atoms with van der Waals surface area (Å²) >= 11 is 11.4. The SMILES string of the molecule is O=c1[nH]n(Cc2ccc(Cl)cc2)cc1Cl. The third-order valence-corrected chi connectivity index (χ3v) is 2.52. The van der Waals surface area contributed by atoms with Crippen molar-refractivity contribution in [3.8, 4) is 0 Å². The van der Waals surface area contributed by atoms with E-state index in [4.69, 9.17) is 23.2 Å². The third-order valence-electron chi connectivity index (χ3n) is 2.00. The van der Waals surface area contributed by atoms with Crippen LogP contribution in [-0.4, -0.2) is 9.78 Å². The van der Waals surface area contributed by atoms with Crippen molar-refractivity contribution >= 4 is 23.2 Å². The molecule has 0 saturated carbocycles. The van der Waals surface area contributed by atoms with Crippen molar-refractivity contribution in [1.29, 1.82) is 0 Å². The highest BCUT2D eigenvalue weighted by atomic mass is 35.5. The van der Waals surface area contributed by atoms with E-state index >= 15 is 0 Å². The summed E-state index contributed by atoms with van der Waals surface area (Å²) in [7, 11) is 0. The second-order valence-corrected chi connectivity index (χ2v) is 4.02. The highest BCUT2D eigenvalue weighted by molar-refractivity contribution is 6.30. The third kappa shape index (κ3) is 2.43. The number of rotatable bonds is 2. The van der Waals surface area contributed by atoms with Gasteiger partial charge in [-0.3, -0.25) is 14.6 Å². The molecule has 0 amide bonds. The molecule has 0 fully saturated rings. The van der Waals surface area contributed by atoms with Gasteiger partial charge < -0.3 is 0 Å². The molecule has 1 aromatic carbocycles. The number of benzene rings is 1. The van der Waals surface area contributed by atoms with Crippen LogP contribution in [0.25, 0.3) is 0 Å². The summed E-state index contributed by atoms with van der Waals surface area (Å²) < 4.78 is 1.63. The van der Waals surface area contributed by atoms with Crippen molar-refractivity contribution < 1.29 is 0 Å². The lowest BCUT2D eigenvalue weighted by atomic mass is 10.2. The Kier molecular flexibility index (Phi) is 2.84. The lowest BCUT2D eigenvalue weighted by Gasteiger charge is -2.02. The second kappa shape index (κ2) is 4.13. The van der Waals surface area contributed by atoms with Crippen LogP contribution in [0.5, 0.6) is 0 Å². The fraction of sp³-hybridized carbons (Fsp3) is 0.100. The van der Waals surface area contributed by atoms with Gasteiger partial charge in [0.1, 0.15) is 5.02 Å². The predicted molar refractivity (Wildman–Crippen MR) is 60.6 cm³/mol. The number of halogens is 2. The van der Waals surface area contributed by atoms with Crippen LogP contribution in [0.4, 0.5) is 0 Å². The minimum absolute atomic E-state index is 0.198. The Morgan fingerprint density at radius 2 is 1.87 bits per heavy atom. The maximum atomic E-state index is 11.1. The van der Waals surface area contributed by atoms with E-state index in [0.29, 0.717) is 11.6 Å². The first-order valence-corrected chi connectivity index (χ1v) is 5.10. The van der Waals surface area contributed by atoms with Crippen LogP contribution < -0.4 is 5.56 Å². The molecule has 2 aromatic rings. The van der Waals surface area contributed by atoms with Gasteiger partial charge in [0.05, 0.1) is 6.54 Å². The molecular formula is C10H8Cl2N2O. The van der Waals surface area contributed by atoms with Crippen LogP contribution in [-0.2, 0) is 6.54 Å². The molecular weight excluding hydrogens is 235 g/mol. The highest BCUT2D eigenvalue weighted by Crippen LogP contribution is 2.10. The summed E-state index contributed by atoms with van der Waals surface area (Å²) in [4.78, 5) is 11.1. The molecule has 0 radical (unpaired) electrons. The lowest BCUT2D eigenvalue weighted by Crippen LogP contribution is -2.06. The Bertz CT molecular complexity index is 513. The van der Waals surface area contributed by atoms with E-state index in [1.807, 2.05) is 12.1 Å². The molecule has 2 rings (SSSR count). The van der Waals surface area contributed by atoms with Gasteiger partial charge in [-0.05, 0) is 17.7 Å². The zero-order chi connectivity index (χ0) is 10.8. The van der Waals surface area contributed by atoms with Crippen molar-refractivity contribution in [2.45, 2.75) is 6.54 Å². The summed E-state index contributed by atoms with van der Waals surface area (Å²) in [6, 6.07) is 7.41. The van der Waals surface area contributed by atoms with Gasteiger partial charge in [-0.1, -0.05) is 35.3 Å². The summed E-state index contributed by atoms with van der Waals surface area (Å²) in [6.45, 7) is 0.569. The lowest BCUT2D eigenvalue weighted by molar-refractivity contribution is 0.679. The standard InChI is InChI=1S/C10H8Cl2N2O/c11-8-3-1-7(2-4-8)5-14-6-9(12)10(15)13-14/h1-4,6H,5H2,(H,13,15). The van der Waals surface area contributed by atoms with Crippen molar-refractivity contribution in [2.75, 3.05) is 0 Å². The molecule has 15 heavy (non-hydrogen) atoms. The Morgan fingerprint density at radius 3 is 2.40 bits per heavy atom. The van der Waals surface area contributed by atoms with Crippen LogP contribution in [0.15, 0.2) is 35.3 Å². The minimum atomic E-state index is -0.273. The molecule has 0 aliphatic carbocycles. The van der Waals surface area contributed by atoms with Gasteiger partial charge in [0, 0.05) is 11.2 Å². The molecule has 3 nitrogen and oxygen atoms in total. The second-order valence-electron chi connectivity index (χ2n) is 3.17. The highest BCUT2D eigenvalue weighted by Gasteiger charge is 2.00. The molecule has 78 valence electrons. The van der Waals surface area contributed by atoms with Crippen molar-refractivity contribution in [3.63, 3.8) is 0 Å². The van der Waals surface area contributed by atoms with Gasteiger partial charge in [0.25, 0.3) is 5.56 Å². The first kappa shape index (κ1) is 10.3. The smallest absolute Gasteiger partial charge is 0.282 e. The molecule has 0 saturated heterocycles. The predicted octanol–water partition coefficient (Wildman–Crippen LogP) is 2.53. The Morgan fingerprint density at radius 1 is 1.20 bits per heavy atom. The number of H-pyrrole nitrogens is 1. The average molecular weight is 243 g/mol. The van der Waals surface area contributed by atoms with Crippen LogP contribution in [0.3, 0.4) is 0 Å². The molecule has 1 heterocycles. The first-order valence-electron chi connectivity index (χ1n) is 4.34. The summed E-state index contributed by atoms with van der Waals surface area (Å²) in [6.07, 6.45) is 1.57. The summed E-state index contributed by atoms with van der Waals surface area (Å²) in [5, 5.41) is 3.49. The number of hydrogen-bond acceptors (Lipinski definition) is 1. The van der Waals surface area contributed by atoms with E-state index < -0.39 is 0 Å². The molecule has 0 spiro atoms. The maximum Gasteiger partial charge on any atom is 0.282 e. The fourth-order valence-corrected chi connectivity index (χ4v) is 1.57. The normalized spacial score (nSPS) is 10.5. The first-order chi connectivity index (χ1) is 7.15. The van der Waals surface area contributed by atoms with Crippen LogP contribution in [0, 0.1) is 0 Å².